The molecule has 0 aromatic heterocycles. The molecule has 10 heteroatoms. The number of nitrogens with zero attached hydrogens (tertiary/aromatic N) is 2. The smallest absolute Gasteiger partial charge is 0.350 e. The number of anilines is 2. The van der Waals surface area contributed by atoms with Crippen LogP contribution >= 0.6 is 11.6 Å². The van der Waals surface area contributed by atoms with E-state index in [1.54, 1.807) is 35.2 Å². The summed E-state index contributed by atoms with van der Waals surface area (Å²) in [6, 6.07) is 11.1. The number of hydrogen-bond acceptors (Lipinski definition) is 7. The number of carbonyl (C=O) groups is 3. The predicted octanol–water partition coefficient (Wildman–Crippen LogP) is 3.57. The van der Waals surface area contributed by atoms with Gasteiger partial charge in [0.1, 0.15) is 5.82 Å². The van der Waals surface area contributed by atoms with Gasteiger partial charge >= 0.3 is 11.9 Å². The first-order chi connectivity index (χ1) is 16.1. The Labute approximate surface area is 200 Å². The van der Waals surface area contributed by atoms with E-state index in [-0.39, 0.29) is 17.0 Å². The Balaban J connectivity index is 1.48. The van der Waals surface area contributed by atoms with E-state index in [1.165, 1.54) is 32.2 Å². The Morgan fingerprint density at radius 1 is 1.06 bits per heavy atom. The van der Waals surface area contributed by atoms with Crippen LogP contribution in [0.4, 0.5) is 15.8 Å². The van der Waals surface area contributed by atoms with E-state index in [0.717, 1.165) is 5.69 Å². The van der Waals surface area contributed by atoms with Crippen molar-refractivity contribution in [2.75, 3.05) is 36.4 Å². The molecule has 2 aliphatic rings. The molecule has 0 saturated carbocycles. The quantitative estimate of drug-likeness (QED) is 0.400. The van der Waals surface area contributed by atoms with Crippen molar-refractivity contribution in [1.29, 1.82) is 0 Å². The van der Waals surface area contributed by atoms with E-state index in [1.807, 2.05) is 4.90 Å². The summed E-state index contributed by atoms with van der Waals surface area (Å²) in [5.74, 6) is -3.81. The maximum absolute atomic E-state index is 14.0. The van der Waals surface area contributed by atoms with Crippen molar-refractivity contribution in [2.45, 2.75) is 19.6 Å². The normalized spacial score (nSPS) is 17.7. The van der Waals surface area contributed by atoms with Gasteiger partial charge in [-0.2, -0.15) is 0 Å². The summed E-state index contributed by atoms with van der Waals surface area (Å²) in [6.07, 6.45) is 1.23. The third-order valence-electron chi connectivity index (χ3n) is 5.46. The van der Waals surface area contributed by atoms with Crippen molar-refractivity contribution in [3.63, 3.8) is 0 Å². The molecule has 1 N–H and O–H groups in total. The predicted molar refractivity (Wildman–Crippen MR) is 124 cm³/mol. The van der Waals surface area contributed by atoms with Gasteiger partial charge in [0.25, 0.3) is 11.7 Å². The molecule has 2 fully saturated rings. The van der Waals surface area contributed by atoms with Crippen molar-refractivity contribution in [3.8, 4) is 0 Å². The van der Waals surface area contributed by atoms with Crippen molar-refractivity contribution in [1.82, 2.24) is 4.90 Å². The molecule has 0 aliphatic carbocycles. The molecule has 2 aliphatic heterocycles. The van der Waals surface area contributed by atoms with Gasteiger partial charge in [-0.25, -0.2) is 14.0 Å². The SMILES string of the molecule is CC1(C)OC(=O)C(=CNc2cc(Cl)ccc2N2CCN(C(=O)c3ccccc3F)CC2)C(=O)O1. The average Bonchev–Trinajstić information content (AvgIpc) is 2.78. The van der Waals surface area contributed by atoms with Crippen molar-refractivity contribution < 1.29 is 28.2 Å². The number of ether oxygens (including phenoxy) is 2. The lowest BCUT2D eigenvalue weighted by atomic mass is 10.1. The summed E-state index contributed by atoms with van der Waals surface area (Å²) in [7, 11) is 0. The maximum Gasteiger partial charge on any atom is 0.350 e. The number of esters is 2. The largest absolute Gasteiger partial charge is 0.419 e. The van der Waals surface area contributed by atoms with Gasteiger partial charge in [-0.05, 0) is 30.3 Å². The topological polar surface area (TPSA) is 88.2 Å². The highest BCUT2D eigenvalue weighted by atomic mass is 35.5. The standard InChI is InChI=1S/C24H23ClFN3O5/c1-24(2)33-22(31)17(23(32)34-24)14-27-19-13-15(25)7-8-20(19)28-9-11-29(12-10-28)21(30)16-5-3-4-6-18(16)26/h3-8,13-14,27H,9-12H2,1-2H3. The number of benzene rings is 2. The van der Waals surface area contributed by atoms with Crippen LogP contribution in [0, 0.1) is 5.82 Å². The van der Waals surface area contributed by atoms with Gasteiger partial charge in [-0.1, -0.05) is 23.7 Å². The third-order valence-corrected chi connectivity index (χ3v) is 5.69. The van der Waals surface area contributed by atoms with Gasteiger partial charge in [0, 0.05) is 51.2 Å². The summed E-state index contributed by atoms with van der Waals surface area (Å²) < 4.78 is 24.2. The Hall–Kier alpha value is -3.59. The molecule has 4 rings (SSSR count). The minimum atomic E-state index is -1.33. The van der Waals surface area contributed by atoms with E-state index >= 15 is 0 Å². The lowest BCUT2D eigenvalue weighted by Crippen LogP contribution is -2.49. The summed E-state index contributed by atoms with van der Waals surface area (Å²) >= 11 is 6.17. The molecule has 0 bridgehead atoms. The molecule has 0 spiro atoms. The number of amides is 1. The summed E-state index contributed by atoms with van der Waals surface area (Å²) in [6.45, 7) is 4.71. The van der Waals surface area contributed by atoms with E-state index in [0.29, 0.717) is 36.9 Å². The number of cyclic esters (lactones) is 2. The fourth-order valence-electron chi connectivity index (χ4n) is 3.78. The highest BCUT2D eigenvalue weighted by Gasteiger charge is 2.39. The van der Waals surface area contributed by atoms with Crippen LogP contribution in [0.2, 0.25) is 5.02 Å². The maximum atomic E-state index is 14.0. The van der Waals surface area contributed by atoms with Crippen LogP contribution in [0.3, 0.4) is 0 Å². The molecule has 34 heavy (non-hydrogen) atoms. The van der Waals surface area contributed by atoms with Crippen LogP contribution < -0.4 is 10.2 Å². The molecule has 178 valence electrons. The zero-order valence-electron chi connectivity index (χ0n) is 18.6. The molecular weight excluding hydrogens is 465 g/mol. The fraction of sp³-hybridized carbons (Fsp3) is 0.292. The number of piperazine rings is 1. The molecule has 2 aromatic carbocycles. The molecule has 0 radical (unpaired) electrons. The van der Waals surface area contributed by atoms with Gasteiger partial charge in [0.2, 0.25) is 0 Å². The molecule has 2 aromatic rings. The third kappa shape index (κ3) is 4.99. The first-order valence-electron chi connectivity index (χ1n) is 10.7. The molecule has 0 unspecified atom stereocenters. The van der Waals surface area contributed by atoms with Crippen molar-refractivity contribution >= 4 is 40.8 Å². The van der Waals surface area contributed by atoms with Crippen molar-refractivity contribution in [2.24, 2.45) is 0 Å². The van der Waals surface area contributed by atoms with Gasteiger partial charge in [-0.15, -0.1) is 0 Å². The van der Waals surface area contributed by atoms with E-state index in [2.05, 4.69) is 5.32 Å². The second kappa shape index (κ2) is 9.34. The number of hydrogen-bond donors (Lipinski definition) is 1. The van der Waals surface area contributed by atoms with Crippen LogP contribution in [-0.4, -0.2) is 54.7 Å². The van der Waals surface area contributed by atoms with Crippen LogP contribution in [0.15, 0.2) is 54.2 Å². The molecular formula is C24H23ClFN3O5. The van der Waals surface area contributed by atoms with Gasteiger partial charge in [0.15, 0.2) is 5.57 Å². The Morgan fingerprint density at radius 3 is 2.35 bits per heavy atom. The van der Waals surface area contributed by atoms with Crippen LogP contribution in [-0.2, 0) is 19.1 Å². The first kappa shape index (κ1) is 23.6. The van der Waals surface area contributed by atoms with E-state index in [9.17, 15) is 18.8 Å². The highest BCUT2D eigenvalue weighted by molar-refractivity contribution is 6.31. The summed E-state index contributed by atoms with van der Waals surface area (Å²) in [4.78, 5) is 40.7. The second-order valence-corrected chi connectivity index (χ2v) is 8.74. The van der Waals surface area contributed by atoms with Gasteiger partial charge in [0.05, 0.1) is 16.9 Å². The summed E-state index contributed by atoms with van der Waals surface area (Å²) in [5, 5.41) is 3.41. The highest BCUT2D eigenvalue weighted by Crippen LogP contribution is 2.31. The number of carbonyl (C=O) groups excluding carboxylic acids is 3. The average molecular weight is 488 g/mol. The first-order valence-corrected chi connectivity index (χ1v) is 11.0. The molecule has 1 amide bonds. The van der Waals surface area contributed by atoms with Crippen LogP contribution in [0.1, 0.15) is 24.2 Å². The van der Waals surface area contributed by atoms with E-state index < -0.39 is 23.5 Å². The monoisotopic (exact) mass is 487 g/mol. The van der Waals surface area contributed by atoms with Crippen LogP contribution in [0.5, 0.6) is 0 Å². The Bertz CT molecular complexity index is 1150. The molecule has 8 nitrogen and oxygen atoms in total. The lowest BCUT2D eigenvalue weighted by molar-refractivity contribution is -0.222. The zero-order chi connectivity index (χ0) is 24.5. The second-order valence-electron chi connectivity index (χ2n) is 8.30. The Kier molecular flexibility index (Phi) is 6.47. The molecule has 0 atom stereocenters. The zero-order valence-corrected chi connectivity index (χ0v) is 19.4. The van der Waals surface area contributed by atoms with Crippen LogP contribution in [0.25, 0.3) is 0 Å². The minimum absolute atomic E-state index is 0.0471. The van der Waals surface area contributed by atoms with Crippen molar-refractivity contribution in [3.05, 3.63) is 70.6 Å². The van der Waals surface area contributed by atoms with E-state index in [4.69, 9.17) is 21.1 Å². The number of halogens is 2. The van der Waals surface area contributed by atoms with Gasteiger partial charge in [-0.3, -0.25) is 4.79 Å². The number of nitrogens with one attached hydrogen (secondary N) is 1. The Morgan fingerprint density at radius 2 is 1.71 bits per heavy atom. The number of rotatable bonds is 4. The molecule has 2 saturated heterocycles. The fourth-order valence-corrected chi connectivity index (χ4v) is 3.96. The molecule has 2 heterocycles. The van der Waals surface area contributed by atoms with Gasteiger partial charge < -0.3 is 24.6 Å². The lowest BCUT2D eigenvalue weighted by Gasteiger charge is -2.37. The minimum Gasteiger partial charge on any atom is -0.419 e. The summed E-state index contributed by atoms with van der Waals surface area (Å²) in [5.41, 5.74) is 1.09.